The average Bonchev–Trinajstić information content (AvgIpc) is 2.02. The van der Waals surface area contributed by atoms with Crippen molar-refractivity contribution in [1.82, 2.24) is 0 Å². The number of halogens is 2. The van der Waals surface area contributed by atoms with Gasteiger partial charge in [0.15, 0.2) is 0 Å². The predicted molar refractivity (Wildman–Crippen MR) is 39.4 cm³/mol. The minimum Gasteiger partial charge on any atom is -0.507 e. The Hall–Kier alpha value is -1.65. The maximum absolute atomic E-state index is 12.8. The van der Waals surface area contributed by atoms with Crippen LogP contribution in [0.5, 0.6) is 5.75 Å². The van der Waals surface area contributed by atoms with Gasteiger partial charge in [0.2, 0.25) is 0 Å². The molecule has 0 atom stereocenters. The number of rotatable bonds is 1. The number of aromatic hydroxyl groups is 1. The van der Waals surface area contributed by atoms with Crippen LogP contribution >= 0.6 is 0 Å². The normalized spacial score (nSPS) is 9.77. The number of hydrogen-bond acceptors (Lipinski definition) is 3. The largest absolute Gasteiger partial charge is 0.507 e. The van der Waals surface area contributed by atoms with E-state index in [1.807, 2.05) is 0 Å². The van der Waals surface area contributed by atoms with Crippen molar-refractivity contribution < 1.29 is 23.4 Å². The number of methoxy groups -OCH3 is 1. The summed E-state index contributed by atoms with van der Waals surface area (Å²) in [7, 11) is 1.03. The molecule has 0 saturated heterocycles. The van der Waals surface area contributed by atoms with Crippen LogP contribution in [-0.4, -0.2) is 18.2 Å². The van der Waals surface area contributed by atoms with Gasteiger partial charge in [-0.2, -0.15) is 0 Å². The van der Waals surface area contributed by atoms with Gasteiger partial charge in [0.1, 0.15) is 22.9 Å². The Bertz CT molecular complexity index is 326. The first kappa shape index (κ1) is 9.44. The zero-order valence-corrected chi connectivity index (χ0v) is 6.67. The van der Waals surface area contributed by atoms with E-state index in [9.17, 15) is 13.6 Å². The van der Waals surface area contributed by atoms with E-state index >= 15 is 0 Å². The van der Waals surface area contributed by atoms with Crippen LogP contribution in [0.15, 0.2) is 12.1 Å². The fourth-order valence-corrected chi connectivity index (χ4v) is 0.864. The fraction of sp³-hybridized carbons (Fsp3) is 0.125. The third-order valence-electron chi connectivity index (χ3n) is 1.42. The summed E-state index contributed by atoms with van der Waals surface area (Å²) in [6, 6.07) is 1.13. The van der Waals surface area contributed by atoms with Crippen LogP contribution in [0, 0.1) is 11.6 Å². The van der Waals surface area contributed by atoms with E-state index in [0.29, 0.717) is 12.1 Å². The molecule has 1 N–H and O–H groups in total. The Morgan fingerprint density at radius 1 is 1.46 bits per heavy atom. The monoisotopic (exact) mass is 188 g/mol. The van der Waals surface area contributed by atoms with Gasteiger partial charge >= 0.3 is 5.97 Å². The van der Waals surface area contributed by atoms with Crippen LogP contribution in [-0.2, 0) is 4.74 Å². The minimum absolute atomic E-state index is 0.492. The molecule has 0 saturated carbocycles. The molecule has 1 rings (SSSR count). The van der Waals surface area contributed by atoms with Crippen molar-refractivity contribution in [2.24, 2.45) is 0 Å². The van der Waals surface area contributed by atoms with E-state index in [-0.39, 0.29) is 0 Å². The van der Waals surface area contributed by atoms with Crippen molar-refractivity contribution in [3.05, 3.63) is 29.3 Å². The number of hydrogen-bond donors (Lipinski definition) is 1. The Kier molecular flexibility index (Phi) is 2.46. The molecule has 0 bridgehead atoms. The van der Waals surface area contributed by atoms with Crippen LogP contribution in [0.1, 0.15) is 10.4 Å². The van der Waals surface area contributed by atoms with Crippen molar-refractivity contribution in [2.45, 2.75) is 0 Å². The Labute approximate surface area is 72.6 Å². The lowest BCUT2D eigenvalue weighted by molar-refractivity contribution is 0.0592. The first-order valence-electron chi connectivity index (χ1n) is 3.32. The quantitative estimate of drug-likeness (QED) is 0.678. The first-order valence-corrected chi connectivity index (χ1v) is 3.32. The summed E-state index contributed by atoms with van der Waals surface area (Å²) >= 11 is 0. The molecule has 0 spiro atoms. The standard InChI is InChI=1S/C8H6F2O3/c1-13-8(12)7-5(10)2-4(9)3-6(7)11/h2-3,11H,1H3. The van der Waals surface area contributed by atoms with E-state index in [0.717, 1.165) is 7.11 Å². The van der Waals surface area contributed by atoms with E-state index in [1.54, 1.807) is 0 Å². The van der Waals surface area contributed by atoms with Gasteiger partial charge in [0.05, 0.1) is 7.11 Å². The topological polar surface area (TPSA) is 46.5 Å². The predicted octanol–water partition coefficient (Wildman–Crippen LogP) is 1.46. The average molecular weight is 188 g/mol. The highest BCUT2D eigenvalue weighted by Crippen LogP contribution is 2.22. The first-order chi connectivity index (χ1) is 6.06. The second-order valence-electron chi connectivity index (χ2n) is 2.27. The zero-order valence-electron chi connectivity index (χ0n) is 6.67. The Morgan fingerprint density at radius 3 is 2.54 bits per heavy atom. The molecule has 0 amide bonds. The fourth-order valence-electron chi connectivity index (χ4n) is 0.864. The third-order valence-corrected chi connectivity index (χ3v) is 1.42. The maximum atomic E-state index is 12.8. The molecule has 0 unspecified atom stereocenters. The van der Waals surface area contributed by atoms with Gasteiger partial charge in [-0.25, -0.2) is 13.6 Å². The molecule has 0 fully saturated rings. The molecular formula is C8H6F2O3. The van der Waals surface area contributed by atoms with Crippen molar-refractivity contribution in [2.75, 3.05) is 7.11 Å². The molecule has 1 aromatic carbocycles. The van der Waals surface area contributed by atoms with E-state index in [2.05, 4.69) is 4.74 Å². The van der Waals surface area contributed by atoms with Gasteiger partial charge in [-0.3, -0.25) is 0 Å². The highest BCUT2D eigenvalue weighted by Gasteiger charge is 2.18. The summed E-state index contributed by atoms with van der Waals surface area (Å²) in [5, 5.41) is 8.99. The molecule has 3 nitrogen and oxygen atoms in total. The van der Waals surface area contributed by atoms with Gasteiger partial charge in [0, 0.05) is 12.1 Å². The molecule has 13 heavy (non-hydrogen) atoms. The number of esters is 1. The number of carbonyl (C=O) groups is 1. The van der Waals surface area contributed by atoms with Gasteiger partial charge < -0.3 is 9.84 Å². The second kappa shape index (κ2) is 3.38. The van der Waals surface area contributed by atoms with E-state index < -0.39 is 28.9 Å². The summed E-state index contributed by atoms with van der Waals surface area (Å²) in [5.74, 6) is -3.92. The highest BCUT2D eigenvalue weighted by molar-refractivity contribution is 5.92. The van der Waals surface area contributed by atoms with Gasteiger partial charge in [-0.05, 0) is 0 Å². The zero-order chi connectivity index (χ0) is 10.0. The lowest BCUT2D eigenvalue weighted by Gasteiger charge is -2.03. The Balaban J connectivity index is 3.28. The molecule has 0 aliphatic rings. The molecule has 0 radical (unpaired) electrons. The molecular weight excluding hydrogens is 182 g/mol. The van der Waals surface area contributed by atoms with Crippen LogP contribution < -0.4 is 0 Å². The van der Waals surface area contributed by atoms with Crippen molar-refractivity contribution in [1.29, 1.82) is 0 Å². The molecule has 70 valence electrons. The van der Waals surface area contributed by atoms with Gasteiger partial charge in [-0.1, -0.05) is 0 Å². The van der Waals surface area contributed by atoms with Crippen LogP contribution in [0.3, 0.4) is 0 Å². The lowest BCUT2D eigenvalue weighted by atomic mass is 10.2. The minimum atomic E-state index is -1.15. The molecule has 5 heteroatoms. The molecule has 1 aromatic rings. The number of phenols is 1. The summed E-state index contributed by atoms with van der Waals surface area (Å²) in [5.41, 5.74) is -0.663. The number of benzene rings is 1. The summed E-state index contributed by atoms with van der Waals surface area (Å²) in [6.07, 6.45) is 0. The SMILES string of the molecule is COC(=O)c1c(O)cc(F)cc1F. The Morgan fingerprint density at radius 2 is 2.08 bits per heavy atom. The summed E-state index contributed by atoms with van der Waals surface area (Å²) in [6.45, 7) is 0. The van der Waals surface area contributed by atoms with E-state index in [4.69, 9.17) is 5.11 Å². The van der Waals surface area contributed by atoms with Gasteiger partial charge in [0.25, 0.3) is 0 Å². The van der Waals surface area contributed by atoms with E-state index in [1.165, 1.54) is 0 Å². The van der Waals surface area contributed by atoms with Gasteiger partial charge in [-0.15, -0.1) is 0 Å². The number of carbonyl (C=O) groups excluding carboxylic acids is 1. The molecule has 0 aliphatic carbocycles. The second-order valence-corrected chi connectivity index (χ2v) is 2.27. The summed E-state index contributed by atoms with van der Waals surface area (Å²) < 4.78 is 29.4. The van der Waals surface area contributed by atoms with Crippen LogP contribution in [0.4, 0.5) is 8.78 Å². The highest BCUT2D eigenvalue weighted by atomic mass is 19.1. The lowest BCUT2D eigenvalue weighted by Crippen LogP contribution is -2.05. The smallest absolute Gasteiger partial charge is 0.344 e. The number of phenolic OH excluding ortho intramolecular Hbond substituents is 1. The molecule has 0 heterocycles. The molecule has 0 aliphatic heterocycles. The van der Waals surface area contributed by atoms with Crippen LogP contribution in [0.25, 0.3) is 0 Å². The number of ether oxygens (including phenoxy) is 1. The van der Waals surface area contributed by atoms with Crippen LogP contribution in [0.2, 0.25) is 0 Å². The van der Waals surface area contributed by atoms with Crippen molar-refractivity contribution in [3.8, 4) is 5.75 Å². The summed E-state index contributed by atoms with van der Waals surface area (Å²) in [4.78, 5) is 10.8. The third kappa shape index (κ3) is 1.74. The van der Waals surface area contributed by atoms with Crippen molar-refractivity contribution >= 4 is 5.97 Å². The van der Waals surface area contributed by atoms with Crippen molar-refractivity contribution in [3.63, 3.8) is 0 Å². The maximum Gasteiger partial charge on any atom is 0.344 e. The molecule has 0 aromatic heterocycles.